The molecule has 2 aliphatic carbocycles. The standard InChI is InChI=1S/C53H68N6O/c1-3-9-39-15-23-45(24-16-39)49(33-54)31-43-35-56-52(57-36-43)47-27-19-41(20-28-47)11-5-7-13-51(60)14-8-6-12-42-21-29-48(30-22-42)53-58-37-44(38-59-53)32-50(34-55)46-25-17-40(10-4-2)18-26-46/h19-22,27-30,35-40,45-46,49-50H,3-18,23-26,31-32H2,1-2H3. The smallest absolute Gasteiger partial charge is 0.159 e. The molecule has 0 bridgehead atoms. The van der Waals surface area contributed by atoms with Crippen molar-refractivity contribution in [2.24, 2.45) is 35.5 Å². The number of aromatic nitrogens is 4. The van der Waals surface area contributed by atoms with Gasteiger partial charge < -0.3 is 0 Å². The highest BCUT2D eigenvalue weighted by Crippen LogP contribution is 2.38. The number of nitrogens with zero attached hydrogens (tertiary/aromatic N) is 6. The van der Waals surface area contributed by atoms with Gasteiger partial charge in [-0.3, -0.25) is 4.79 Å². The van der Waals surface area contributed by atoms with E-state index in [1.807, 2.05) is 24.8 Å². The highest BCUT2D eigenvalue weighted by atomic mass is 16.1. The van der Waals surface area contributed by atoms with E-state index < -0.39 is 0 Å². The van der Waals surface area contributed by atoms with Crippen molar-refractivity contribution in [3.8, 4) is 34.9 Å². The average molecular weight is 805 g/mol. The minimum Gasteiger partial charge on any atom is -0.300 e. The average Bonchev–Trinajstić information content (AvgIpc) is 3.29. The van der Waals surface area contributed by atoms with Crippen LogP contribution in [0.15, 0.2) is 73.3 Å². The van der Waals surface area contributed by atoms with Gasteiger partial charge >= 0.3 is 0 Å². The van der Waals surface area contributed by atoms with Crippen molar-refractivity contribution in [1.82, 2.24) is 19.9 Å². The van der Waals surface area contributed by atoms with Gasteiger partial charge in [0, 0.05) is 48.8 Å². The zero-order valence-electron chi connectivity index (χ0n) is 36.5. The Balaban J connectivity index is 0.832. The van der Waals surface area contributed by atoms with E-state index in [1.54, 1.807) is 0 Å². The topological polar surface area (TPSA) is 116 Å². The summed E-state index contributed by atoms with van der Waals surface area (Å²) in [6, 6.07) is 22.2. The second-order valence-corrected chi connectivity index (χ2v) is 18.2. The van der Waals surface area contributed by atoms with Crippen molar-refractivity contribution < 1.29 is 4.79 Å². The maximum atomic E-state index is 12.6. The first-order chi connectivity index (χ1) is 29.4. The summed E-state index contributed by atoms with van der Waals surface area (Å²) in [4.78, 5) is 31.3. The fourth-order valence-corrected chi connectivity index (χ4v) is 10.0. The molecule has 0 saturated heterocycles. The van der Waals surface area contributed by atoms with Crippen molar-refractivity contribution in [2.75, 3.05) is 0 Å². The van der Waals surface area contributed by atoms with Crippen molar-refractivity contribution in [1.29, 1.82) is 10.5 Å². The van der Waals surface area contributed by atoms with Crippen molar-refractivity contribution >= 4 is 5.78 Å². The molecule has 6 rings (SSSR count). The molecule has 2 aromatic heterocycles. The Labute approximate surface area is 360 Å². The lowest BCUT2D eigenvalue weighted by Gasteiger charge is -2.31. The molecule has 2 unspecified atom stereocenters. The maximum Gasteiger partial charge on any atom is 0.159 e. The summed E-state index contributed by atoms with van der Waals surface area (Å²) < 4.78 is 0. The number of Topliss-reactive ketones (excluding diaryl/α,β-unsaturated/α-hetero) is 1. The van der Waals surface area contributed by atoms with E-state index in [0.717, 1.165) is 85.5 Å². The number of carbonyl (C=O) groups is 1. The van der Waals surface area contributed by atoms with Crippen LogP contribution < -0.4 is 0 Å². The van der Waals surface area contributed by atoms with Gasteiger partial charge in [-0.15, -0.1) is 0 Å². The van der Waals surface area contributed by atoms with Crippen LogP contribution in [0, 0.1) is 58.2 Å². The van der Waals surface area contributed by atoms with Crippen LogP contribution in [0.2, 0.25) is 0 Å². The zero-order valence-corrected chi connectivity index (χ0v) is 36.5. The van der Waals surface area contributed by atoms with Gasteiger partial charge in [-0.05, 0) is 123 Å². The number of benzene rings is 2. The fourth-order valence-electron chi connectivity index (χ4n) is 10.0. The predicted octanol–water partition coefficient (Wildman–Crippen LogP) is 12.9. The number of ketones is 1. The van der Waals surface area contributed by atoms with E-state index in [0.29, 0.717) is 42.1 Å². The lowest BCUT2D eigenvalue weighted by molar-refractivity contribution is -0.119. The minimum atomic E-state index is 0.0412. The quantitative estimate of drug-likeness (QED) is 0.0726. The van der Waals surface area contributed by atoms with E-state index in [1.165, 1.54) is 88.2 Å². The van der Waals surface area contributed by atoms with Gasteiger partial charge in [0.2, 0.25) is 0 Å². The lowest BCUT2D eigenvalue weighted by Crippen LogP contribution is -2.22. The van der Waals surface area contributed by atoms with Crippen LogP contribution in [0.4, 0.5) is 0 Å². The third kappa shape index (κ3) is 13.6. The number of unbranched alkanes of at least 4 members (excludes halogenated alkanes) is 2. The van der Waals surface area contributed by atoms with Gasteiger partial charge in [0.1, 0.15) is 5.78 Å². The molecule has 7 heteroatoms. The molecule has 2 saturated carbocycles. The predicted molar refractivity (Wildman–Crippen MR) is 241 cm³/mol. The van der Waals surface area contributed by atoms with Crippen LogP contribution in [0.1, 0.15) is 152 Å². The molecule has 0 amide bonds. The van der Waals surface area contributed by atoms with Gasteiger partial charge in [0.25, 0.3) is 0 Å². The van der Waals surface area contributed by atoms with Crippen LogP contribution in [-0.4, -0.2) is 25.7 Å². The summed E-state index contributed by atoms with van der Waals surface area (Å²) in [5.74, 6) is 4.55. The first-order valence-electron chi connectivity index (χ1n) is 23.6. The highest BCUT2D eigenvalue weighted by molar-refractivity contribution is 5.78. The van der Waals surface area contributed by atoms with Crippen molar-refractivity contribution in [3.05, 3.63) is 95.6 Å². The van der Waals surface area contributed by atoms with Gasteiger partial charge in [-0.1, -0.05) is 114 Å². The molecular formula is C53H68N6O. The van der Waals surface area contributed by atoms with Crippen LogP contribution >= 0.6 is 0 Å². The molecule has 2 atom stereocenters. The molecule has 0 N–H and O–H groups in total. The molecule has 2 aliphatic rings. The second kappa shape index (κ2) is 23.9. The van der Waals surface area contributed by atoms with E-state index in [4.69, 9.17) is 0 Å². The van der Waals surface area contributed by atoms with Gasteiger partial charge in [-0.25, -0.2) is 19.9 Å². The summed E-state index contributed by atoms with van der Waals surface area (Å²) >= 11 is 0. The molecule has 0 aliphatic heterocycles. The number of carbonyl (C=O) groups excluding carboxylic acids is 1. The molecule has 7 nitrogen and oxygen atoms in total. The Morgan fingerprint density at radius 2 is 0.917 bits per heavy atom. The summed E-state index contributed by atoms with van der Waals surface area (Å²) in [5.41, 5.74) is 6.62. The van der Waals surface area contributed by atoms with Gasteiger partial charge in [0.15, 0.2) is 11.6 Å². The monoisotopic (exact) mass is 805 g/mol. The van der Waals surface area contributed by atoms with Crippen LogP contribution in [0.3, 0.4) is 0 Å². The van der Waals surface area contributed by atoms with E-state index in [-0.39, 0.29) is 11.8 Å². The Hall–Kier alpha value is -4.75. The summed E-state index contributed by atoms with van der Waals surface area (Å²) in [6.45, 7) is 4.54. The highest BCUT2D eigenvalue weighted by Gasteiger charge is 2.29. The Bertz CT molecular complexity index is 1800. The molecule has 2 fully saturated rings. The molecule has 316 valence electrons. The zero-order chi connectivity index (χ0) is 41.9. The number of hydrogen-bond acceptors (Lipinski definition) is 7. The van der Waals surface area contributed by atoms with Crippen LogP contribution in [0.5, 0.6) is 0 Å². The SMILES string of the molecule is CCCC1CCC(C(C#N)Cc2cnc(-c3ccc(CCCCC(=O)CCCCc4ccc(-c5ncc(CC(C#N)C6CCC(CCC)CC6)cn5)cc4)cc3)nc2)CC1. The summed E-state index contributed by atoms with van der Waals surface area (Å²) in [6.07, 6.45) is 31.0. The number of rotatable bonds is 22. The third-order valence-electron chi connectivity index (χ3n) is 13.7. The lowest BCUT2D eigenvalue weighted by atomic mass is 9.73. The maximum absolute atomic E-state index is 12.6. The minimum absolute atomic E-state index is 0.0412. The summed E-state index contributed by atoms with van der Waals surface area (Å²) in [5, 5.41) is 19.8. The Kier molecular flexibility index (Phi) is 17.8. The first-order valence-corrected chi connectivity index (χ1v) is 23.6. The van der Waals surface area contributed by atoms with Crippen molar-refractivity contribution in [3.63, 3.8) is 0 Å². The second-order valence-electron chi connectivity index (χ2n) is 18.2. The Morgan fingerprint density at radius 3 is 1.25 bits per heavy atom. The largest absolute Gasteiger partial charge is 0.300 e. The van der Waals surface area contributed by atoms with Gasteiger partial charge in [-0.2, -0.15) is 10.5 Å². The van der Waals surface area contributed by atoms with E-state index in [9.17, 15) is 15.3 Å². The molecular weight excluding hydrogens is 737 g/mol. The van der Waals surface area contributed by atoms with Gasteiger partial charge in [0.05, 0.1) is 24.0 Å². The number of aryl methyl sites for hydroxylation is 2. The van der Waals surface area contributed by atoms with E-state index >= 15 is 0 Å². The molecule has 4 aromatic rings. The first kappa shape index (κ1) is 44.8. The van der Waals surface area contributed by atoms with Crippen LogP contribution in [0.25, 0.3) is 22.8 Å². The Morgan fingerprint density at radius 1 is 0.550 bits per heavy atom. The number of nitriles is 2. The molecule has 0 spiro atoms. The number of hydrogen-bond donors (Lipinski definition) is 0. The summed E-state index contributed by atoms with van der Waals surface area (Å²) in [7, 11) is 0. The normalized spacial score (nSPS) is 20.1. The molecule has 2 heterocycles. The van der Waals surface area contributed by atoms with E-state index in [2.05, 4.69) is 94.5 Å². The molecule has 0 radical (unpaired) electrons. The third-order valence-corrected chi connectivity index (χ3v) is 13.7. The fraction of sp³-hybridized carbons (Fsp3) is 0.566. The molecule has 60 heavy (non-hydrogen) atoms. The van der Waals surface area contributed by atoms with Crippen molar-refractivity contribution in [2.45, 2.75) is 155 Å². The molecule has 2 aromatic carbocycles. The van der Waals surface area contributed by atoms with Crippen LogP contribution in [-0.2, 0) is 30.5 Å².